The van der Waals surface area contributed by atoms with Crippen LogP contribution in [0.25, 0.3) is 10.8 Å². The summed E-state index contributed by atoms with van der Waals surface area (Å²) in [6.07, 6.45) is 2.35. The van der Waals surface area contributed by atoms with Gasteiger partial charge in [-0.25, -0.2) is 4.68 Å². The second kappa shape index (κ2) is 7.25. The second-order valence-electron chi connectivity index (χ2n) is 5.80. The Morgan fingerprint density at radius 2 is 1.92 bits per heavy atom. The second-order valence-corrected chi connectivity index (χ2v) is 5.80. The number of nitrogens with zero attached hydrogens (tertiary/aromatic N) is 2. The van der Waals surface area contributed by atoms with Gasteiger partial charge in [-0.2, -0.15) is 5.10 Å². The maximum Gasteiger partial charge on any atom is 0.305 e. The summed E-state index contributed by atoms with van der Waals surface area (Å²) in [6.45, 7) is 3.41. The van der Waals surface area contributed by atoms with Gasteiger partial charge in [-0.1, -0.05) is 32.0 Å². The molecule has 0 saturated carbocycles. The van der Waals surface area contributed by atoms with Crippen molar-refractivity contribution in [3.63, 3.8) is 0 Å². The summed E-state index contributed by atoms with van der Waals surface area (Å²) in [6, 6.07) is 7.02. The van der Waals surface area contributed by atoms with Crippen molar-refractivity contribution in [1.29, 1.82) is 0 Å². The van der Waals surface area contributed by atoms with Crippen LogP contribution in [0, 0.1) is 0 Å². The predicted molar refractivity (Wildman–Crippen MR) is 89.7 cm³/mol. The van der Waals surface area contributed by atoms with E-state index in [4.69, 9.17) is 5.11 Å². The summed E-state index contributed by atoms with van der Waals surface area (Å²) in [5.41, 5.74) is -1.16. The predicted octanol–water partition coefficient (Wildman–Crippen LogP) is 1.55. The molecule has 2 N–H and O–H groups in total. The third-order valence-electron chi connectivity index (χ3n) is 4.30. The van der Waals surface area contributed by atoms with Gasteiger partial charge < -0.3 is 10.4 Å². The van der Waals surface area contributed by atoms with Crippen LogP contribution in [0.4, 0.5) is 0 Å². The number of nitrogens with one attached hydrogen (secondary N) is 1. The fourth-order valence-corrected chi connectivity index (χ4v) is 2.72. The number of carboxylic acids is 1. The van der Waals surface area contributed by atoms with E-state index >= 15 is 0 Å². The van der Waals surface area contributed by atoms with Gasteiger partial charge in [-0.15, -0.1) is 0 Å². The number of fused-ring (bicyclic) bond motifs is 1. The lowest BCUT2D eigenvalue weighted by atomic mass is 9.89. The van der Waals surface area contributed by atoms with Crippen LogP contribution >= 0.6 is 0 Å². The fraction of sp³-hybridized carbons (Fsp3) is 0.412. The van der Waals surface area contributed by atoms with Gasteiger partial charge in [0.1, 0.15) is 6.54 Å². The van der Waals surface area contributed by atoms with Gasteiger partial charge in [0.2, 0.25) is 5.91 Å². The van der Waals surface area contributed by atoms with E-state index in [1.165, 1.54) is 6.20 Å². The summed E-state index contributed by atoms with van der Waals surface area (Å²) in [4.78, 5) is 35.7. The molecule has 2 rings (SSSR count). The number of aromatic nitrogens is 2. The van der Waals surface area contributed by atoms with Crippen molar-refractivity contribution in [3.05, 3.63) is 40.8 Å². The highest BCUT2D eigenvalue weighted by molar-refractivity contribution is 5.81. The highest BCUT2D eigenvalue weighted by Crippen LogP contribution is 2.19. The van der Waals surface area contributed by atoms with E-state index in [2.05, 4.69) is 10.4 Å². The monoisotopic (exact) mass is 331 g/mol. The van der Waals surface area contributed by atoms with Crippen LogP contribution in [-0.2, 0) is 16.1 Å². The van der Waals surface area contributed by atoms with Gasteiger partial charge in [0, 0.05) is 5.39 Å². The summed E-state index contributed by atoms with van der Waals surface area (Å²) < 4.78 is 1.09. The number of carbonyl (C=O) groups excluding carboxylic acids is 1. The number of carboxylic acid groups (broad SMARTS) is 1. The van der Waals surface area contributed by atoms with Crippen LogP contribution in [0.3, 0.4) is 0 Å². The number of aliphatic carboxylic acids is 1. The normalized spacial score (nSPS) is 11.4. The van der Waals surface area contributed by atoms with Crippen molar-refractivity contribution < 1.29 is 14.7 Å². The maximum absolute atomic E-state index is 12.4. The molecule has 0 bridgehead atoms. The molecule has 0 unspecified atom stereocenters. The SMILES string of the molecule is CCC(CC)(CC(=O)O)NC(=O)Cn1ncc2ccccc2c1=O. The van der Waals surface area contributed by atoms with Gasteiger partial charge in [0.15, 0.2) is 0 Å². The summed E-state index contributed by atoms with van der Waals surface area (Å²) >= 11 is 0. The Morgan fingerprint density at radius 1 is 1.25 bits per heavy atom. The van der Waals surface area contributed by atoms with Crippen molar-refractivity contribution in [2.45, 2.75) is 45.2 Å². The van der Waals surface area contributed by atoms with Crippen LogP contribution in [0.5, 0.6) is 0 Å². The zero-order valence-corrected chi connectivity index (χ0v) is 13.8. The fourth-order valence-electron chi connectivity index (χ4n) is 2.72. The molecule has 0 aliphatic carbocycles. The van der Waals surface area contributed by atoms with Crippen molar-refractivity contribution in [2.24, 2.45) is 0 Å². The Balaban J connectivity index is 2.21. The summed E-state index contributed by atoms with van der Waals surface area (Å²) in [5.74, 6) is -1.40. The lowest BCUT2D eigenvalue weighted by Crippen LogP contribution is -2.50. The first-order valence-corrected chi connectivity index (χ1v) is 7.88. The molecule has 0 fully saturated rings. The minimum Gasteiger partial charge on any atom is -0.481 e. The number of amides is 1. The highest BCUT2D eigenvalue weighted by Gasteiger charge is 2.31. The van der Waals surface area contributed by atoms with E-state index in [1.54, 1.807) is 18.2 Å². The number of carbonyl (C=O) groups is 2. The lowest BCUT2D eigenvalue weighted by Gasteiger charge is -2.31. The minimum absolute atomic E-state index is 0.161. The molecular formula is C17H21N3O4. The molecule has 7 nitrogen and oxygen atoms in total. The van der Waals surface area contributed by atoms with E-state index in [1.807, 2.05) is 19.9 Å². The van der Waals surface area contributed by atoms with Crippen LogP contribution < -0.4 is 10.9 Å². The lowest BCUT2D eigenvalue weighted by molar-refractivity contribution is -0.139. The average molecular weight is 331 g/mol. The first-order chi connectivity index (χ1) is 11.4. The molecule has 0 aliphatic heterocycles. The molecule has 0 aliphatic rings. The molecular weight excluding hydrogens is 310 g/mol. The molecule has 0 radical (unpaired) electrons. The Labute approximate surface area is 139 Å². The van der Waals surface area contributed by atoms with Gasteiger partial charge in [-0.05, 0) is 18.9 Å². The van der Waals surface area contributed by atoms with E-state index in [0.717, 1.165) is 4.68 Å². The van der Waals surface area contributed by atoms with Crippen LogP contribution in [-0.4, -0.2) is 32.3 Å². The molecule has 128 valence electrons. The smallest absolute Gasteiger partial charge is 0.305 e. The third kappa shape index (κ3) is 3.79. The molecule has 1 aromatic carbocycles. The topological polar surface area (TPSA) is 101 Å². The molecule has 1 aromatic heterocycles. The molecule has 2 aromatic rings. The molecule has 7 heteroatoms. The Bertz CT molecular complexity index is 809. The van der Waals surface area contributed by atoms with E-state index in [9.17, 15) is 14.4 Å². The van der Waals surface area contributed by atoms with Gasteiger partial charge in [0.05, 0.1) is 23.5 Å². The van der Waals surface area contributed by atoms with Gasteiger partial charge in [-0.3, -0.25) is 14.4 Å². The van der Waals surface area contributed by atoms with Crippen LogP contribution in [0.2, 0.25) is 0 Å². The van der Waals surface area contributed by atoms with Crippen molar-refractivity contribution in [3.8, 4) is 0 Å². The Hall–Kier alpha value is -2.70. The maximum atomic E-state index is 12.4. The Morgan fingerprint density at radius 3 is 2.54 bits per heavy atom. The van der Waals surface area contributed by atoms with Crippen molar-refractivity contribution in [1.82, 2.24) is 15.1 Å². The average Bonchev–Trinajstić information content (AvgIpc) is 2.56. The summed E-state index contributed by atoms with van der Waals surface area (Å²) in [7, 11) is 0. The Kier molecular flexibility index (Phi) is 5.33. The number of hydrogen-bond donors (Lipinski definition) is 2. The number of benzene rings is 1. The largest absolute Gasteiger partial charge is 0.481 e. The van der Waals surface area contributed by atoms with Gasteiger partial charge >= 0.3 is 5.97 Å². The van der Waals surface area contributed by atoms with E-state index in [-0.39, 0.29) is 18.5 Å². The highest BCUT2D eigenvalue weighted by atomic mass is 16.4. The van der Waals surface area contributed by atoms with Crippen molar-refractivity contribution >= 4 is 22.6 Å². The van der Waals surface area contributed by atoms with Crippen LogP contribution in [0.1, 0.15) is 33.1 Å². The standard InChI is InChI=1S/C17H21N3O4/c1-3-17(4-2,9-15(22)23)19-14(21)11-20-16(24)13-8-6-5-7-12(13)10-18-20/h5-8,10H,3-4,9,11H2,1-2H3,(H,19,21)(H,22,23). The zero-order chi connectivity index (χ0) is 17.7. The zero-order valence-electron chi connectivity index (χ0n) is 13.8. The molecule has 0 spiro atoms. The van der Waals surface area contributed by atoms with Crippen LogP contribution in [0.15, 0.2) is 35.3 Å². The first-order valence-electron chi connectivity index (χ1n) is 7.88. The molecule has 0 saturated heterocycles. The third-order valence-corrected chi connectivity index (χ3v) is 4.30. The minimum atomic E-state index is -0.972. The molecule has 0 atom stereocenters. The van der Waals surface area contributed by atoms with E-state index in [0.29, 0.717) is 23.6 Å². The van der Waals surface area contributed by atoms with E-state index < -0.39 is 17.4 Å². The first kappa shape index (κ1) is 17.7. The molecule has 24 heavy (non-hydrogen) atoms. The summed E-state index contributed by atoms with van der Waals surface area (Å²) in [5, 5.41) is 17.0. The number of rotatable bonds is 7. The van der Waals surface area contributed by atoms with Gasteiger partial charge in [0.25, 0.3) is 5.56 Å². The molecule has 1 heterocycles. The van der Waals surface area contributed by atoms with Crippen molar-refractivity contribution in [2.75, 3.05) is 0 Å². The number of hydrogen-bond acceptors (Lipinski definition) is 4. The molecule has 1 amide bonds. The quantitative estimate of drug-likeness (QED) is 0.801.